The Balaban J connectivity index is -0.0000000150. The minimum Gasteiger partial charge on any atom is -1.00 e. The van der Waals surface area contributed by atoms with E-state index in [1.807, 2.05) is 0 Å². The highest BCUT2D eigenvalue weighted by molar-refractivity contribution is 5.60. The SMILES string of the molecule is CC(=O)[O-].[Cl-].[Cl-].[Cl-]. The van der Waals surface area contributed by atoms with Crippen molar-refractivity contribution in [3.8, 4) is 0 Å². The van der Waals surface area contributed by atoms with Crippen LogP contribution in [0.4, 0.5) is 0 Å². The first kappa shape index (κ1) is 26.4. The highest BCUT2D eigenvalue weighted by atomic mass is 35.5. The molecule has 0 bridgehead atoms. The Bertz CT molecular complexity index is 33.9. The summed E-state index contributed by atoms with van der Waals surface area (Å²) in [7, 11) is 0. The maximum Gasteiger partial charge on any atom is 0.0383 e. The van der Waals surface area contributed by atoms with Gasteiger partial charge in [-0.3, -0.25) is 0 Å². The zero-order valence-electron chi connectivity index (χ0n) is 3.45. The normalized spacial score (nSPS) is 3.57. The third-order valence-electron chi connectivity index (χ3n) is 0. The van der Waals surface area contributed by atoms with Gasteiger partial charge in [-0.2, -0.15) is 0 Å². The van der Waals surface area contributed by atoms with E-state index in [9.17, 15) is 0 Å². The summed E-state index contributed by atoms with van der Waals surface area (Å²) in [6.07, 6.45) is 0. The standard InChI is InChI=1S/C2H4O2.3ClH/c1-2(3)4;;;/h1H3,(H,3,4);3*1H/p-4. The van der Waals surface area contributed by atoms with Crippen molar-refractivity contribution in [3.63, 3.8) is 0 Å². The first-order chi connectivity index (χ1) is 1.73. The molecule has 0 unspecified atom stereocenters. The van der Waals surface area contributed by atoms with E-state index in [-0.39, 0.29) is 37.2 Å². The Morgan fingerprint density at radius 2 is 1.29 bits per heavy atom. The molecule has 0 spiro atoms. The number of hydrogen-bond donors (Lipinski definition) is 0. The molecule has 0 saturated heterocycles. The molecule has 0 aliphatic heterocycles. The third kappa shape index (κ3) is 1030. The highest BCUT2D eigenvalue weighted by Gasteiger charge is 1.46. The lowest BCUT2D eigenvalue weighted by atomic mass is 10.9. The number of halogens is 3. The van der Waals surface area contributed by atoms with E-state index >= 15 is 0 Å². The number of carboxylic acids is 1. The fourth-order valence-corrected chi connectivity index (χ4v) is 0. The molecule has 7 heavy (non-hydrogen) atoms. The van der Waals surface area contributed by atoms with E-state index in [1.54, 1.807) is 0 Å². The van der Waals surface area contributed by atoms with Crippen LogP contribution in [0.5, 0.6) is 0 Å². The van der Waals surface area contributed by atoms with Crippen LogP contribution in [0.2, 0.25) is 0 Å². The van der Waals surface area contributed by atoms with Crippen molar-refractivity contribution in [2.75, 3.05) is 0 Å². The molecule has 0 radical (unpaired) electrons. The smallest absolute Gasteiger partial charge is 0.0383 e. The zero-order chi connectivity index (χ0) is 3.58. The first-order valence-electron chi connectivity index (χ1n) is 0.908. The van der Waals surface area contributed by atoms with Crippen molar-refractivity contribution in [1.82, 2.24) is 0 Å². The van der Waals surface area contributed by atoms with Crippen LogP contribution in [0, 0.1) is 0 Å². The van der Waals surface area contributed by atoms with E-state index in [4.69, 9.17) is 9.90 Å². The van der Waals surface area contributed by atoms with Gasteiger partial charge in [0.05, 0.1) is 0 Å². The van der Waals surface area contributed by atoms with Crippen LogP contribution < -0.4 is 42.3 Å². The Morgan fingerprint density at radius 1 is 1.29 bits per heavy atom. The second-order valence-electron chi connectivity index (χ2n) is 0.492. The lowest BCUT2D eigenvalue weighted by Crippen LogP contribution is -3.00. The third-order valence-corrected chi connectivity index (χ3v) is 0. The van der Waals surface area contributed by atoms with Gasteiger partial charge in [-0.25, -0.2) is 0 Å². The minimum absolute atomic E-state index is 0. The molecule has 5 heteroatoms. The molecule has 0 aromatic heterocycles. The van der Waals surface area contributed by atoms with Crippen LogP contribution in [0.25, 0.3) is 0 Å². The molecule has 0 atom stereocenters. The molecule has 0 N–H and O–H groups in total. The summed E-state index contributed by atoms with van der Waals surface area (Å²) >= 11 is 0. The minimum atomic E-state index is -1.08. The van der Waals surface area contributed by atoms with Crippen LogP contribution in [-0.4, -0.2) is 5.97 Å². The van der Waals surface area contributed by atoms with Crippen molar-refractivity contribution in [2.24, 2.45) is 0 Å². The fraction of sp³-hybridized carbons (Fsp3) is 0.500. The molecule has 48 valence electrons. The van der Waals surface area contributed by atoms with Crippen molar-refractivity contribution in [3.05, 3.63) is 0 Å². The predicted octanol–water partition coefficient (Wildman–Crippen LogP) is -10.2. The molecule has 0 aliphatic carbocycles. The van der Waals surface area contributed by atoms with Gasteiger partial charge >= 0.3 is 0 Å². The summed E-state index contributed by atoms with van der Waals surface area (Å²) in [5.41, 5.74) is 0. The van der Waals surface area contributed by atoms with E-state index in [2.05, 4.69) is 0 Å². The second-order valence-corrected chi connectivity index (χ2v) is 0.492. The summed E-state index contributed by atoms with van der Waals surface area (Å²) in [6.45, 7) is 0.972. The molecule has 2 nitrogen and oxygen atoms in total. The van der Waals surface area contributed by atoms with Gasteiger partial charge in [0.1, 0.15) is 0 Å². The number of hydrogen-bond acceptors (Lipinski definition) is 2. The van der Waals surface area contributed by atoms with Crippen LogP contribution in [-0.2, 0) is 4.79 Å². The quantitative estimate of drug-likeness (QED) is 0.358. The van der Waals surface area contributed by atoms with Crippen LogP contribution >= 0.6 is 0 Å². The van der Waals surface area contributed by atoms with Crippen LogP contribution in [0.3, 0.4) is 0 Å². The summed E-state index contributed by atoms with van der Waals surface area (Å²) in [5, 5.41) is 8.89. The van der Waals surface area contributed by atoms with Gasteiger partial charge in [0.2, 0.25) is 0 Å². The molecule has 0 aromatic carbocycles. The first-order valence-corrected chi connectivity index (χ1v) is 0.908. The van der Waals surface area contributed by atoms with Gasteiger partial charge in [-0.05, 0) is 6.92 Å². The molecular weight excluding hydrogens is 162 g/mol. The topological polar surface area (TPSA) is 40.1 Å². The van der Waals surface area contributed by atoms with Crippen molar-refractivity contribution < 1.29 is 47.1 Å². The Kier molecular flexibility index (Phi) is 61.2. The van der Waals surface area contributed by atoms with E-state index < -0.39 is 5.97 Å². The van der Waals surface area contributed by atoms with Crippen LogP contribution in [0.15, 0.2) is 0 Å². The molecule has 0 aromatic rings. The monoisotopic (exact) mass is 164 g/mol. The number of rotatable bonds is 0. The van der Waals surface area contributed by atoms with Gasteiger partial charge < -0.3 is 47.1 Å². The molecule has 0 saturated carbocycles. The largest absolute Gasteiger partial charge is 1.00 e. The van der Waals surface area contributed by atoms with Gasteiger partial charge in [0.15, 0.2) is 0 Å². The molecule has 0 aliphatic rings. The summed E-state index contributed by atoms with van der Waals surface area (Å²) in [4.78, 5) is 8.89. The zero-order valence-corrected chi connectivity index (χ0v) is 5.72. The number of carboxylic acid groups (broad SMARTS) is 1. The van der Waals surface area contributed by atoms with E-state index in [1.165, 1.54) is 0 Å². The van der Waals surface area contributed by atoms with Crippen molar-refractivity contribution >= 4 is 5.97 Å². The predicted molar refractivity (Wildman–Crippen MR) is 10.7 cm³/mol. The maximum absolute atomic E-state index is 8.89. The van der Waals surface area contributed by atoms with E-state index in [0.717, 1.165) is 6.92 Å². The maximum atomic E-state index is 8.89. The average molecular weight is 165 g/mol. The van der Waals surface area contributed by atoms with E-state index in [0.29, 0.717) is 0 Å². The number of carbonyl (C=O) groups is 1. The van der Waals surface area contributed by atoms with Crippen molar-refractivity contribution in [2.45, 2.75) is 6.92 Å². The molecule has 0 heterocycles. The number of aliphatic carboxylic acids is 1. The van der Waals surface area contributed by atoms with Crippen molar-refractivity contribution in [1.29, 1.82) is 0 Å². The van der Waals surface area contributed by atoms with Crippen LogP contribution in [0.1, 0.15) is 6.92 Å². The molecular formula is C2H3Cl3O2-4. The Labute approximate surface area is 60.5 Å². The average Bonchev–Trinajstić information content (AvgIpc) is 0.811. The fourth-order valence-electron chi connectivity index (χ4n) is 0. The van der Waals surface area contributed by atoms with Gasteiger partial charge in [-0.1, -0.05) is 0 Å². The summed E-state index contributed by atoms with van der Waals surface area (Å²) in [5.74, 6) is -1.08. The summed E-state index contributed by atoms with van der Waals surface area (Å²) in [6, 6.07) is 0. The molecule has 0 fully saturated rings. The van der Waals surface area contributed by atoms with Gasteiger partial charge in [-0.15, -0.1) is 0 Å². The summed E-state index contributed by atoms with van der Waals surface area (Å²) < 4.78 is 0. The van der Waals surface area contributed by atoms with Gasteiger partial charge in [0.25, 0.3) is 0 Å². The lowest BCUT2D eigenvalue weighted by Gasteiger charge is -1.77. The second kappa shape index (κ2) is 16.2. The number of carbonyl (C=O) groups excluding carboxylic acids is 1. The van der Waals surface area contributed by atoms with Gasteiger partial charge in [0, 0.05) is 5.97 Å². The molecule has 0 rings (SSSR count). The highest BCUT2D eigenvalue weighted by Crippen LogP contribution is 1.31. The Hall–Kier alpha value is 0.340. The lowest BCUT2D eigenvalue weighted by molar-refractivity contribution is -0.302. The Morgan fingerprint density at radius 3 is 1.29 bits per heavy atom. The molecule has 0 amide bonds.